The molecule has 0 spiro atoms. The Morgan fingerprint density at radius 1 is 0.909 bits per heavy atom. The Bertz CT molecular complexity index is 912. The van der Waals surface area contributed by atoms with Crippen molar-refractivity contribution < 1.29 is 9.53 Å². The van der Waals surface area contributed by atoms with E-state index >= 15 is 0 Å². The maximum atomic E-state index is 12.2. The molecule has 0 bridgehead atoms. The van der Waals surface area contributed by atoms with E-state index in [9.17, 15) is 4.79 Å². The first-order chi connectivity index (χ1) is 10.6. The molecule has 4 rings (SSSR count). The van der Waals surface area contributed by atoms with Gasteiger partial charge in [0.25, 0.3) is 0 Å². The predicted octanol–water partition coefficient (Wildman–Crippen LogP) is 5.48. The molecule has 0 saturated carbocycles. The second-order valence-corrected chi connectivity index (χ2v) is 6.11. The quantitative estimate of drug-likeness (QED) is 0.552. The summed E-state index contributed by atoms with van der Waals surface area (Å²) in [5.41, 5.74) is 3.16. The monoisotopic (exact) mass is 328 g/mol. The third-order valence-electron chi connectivity index (χ3n) is 3.85. The smallest absolute Gasteiger partial charge is 0.339 e. The SMILES string of the molecule is O=C1OCc2cc3ccccc3c(-c3cc(Cl)cc(Cl)c3)c21. The van der Waals surface area contributed by atoms with Crippen molar-refractivity contribution >= 4 is 39.9 Å². The van der Waals surface area contributed by atoms with Crippen LogP contribution in [0, 0.1) is 0 Å². The van der Waals surface area contributed by atoms with E-state index in [0.717, 1.165) is 27.5 Å². The zero-order chi connectivity index (χ0) is 15.3. The van der Waals surface area contributed by atoms with E-state index < -0.39 is 0 Å². The van der Waals surface area contributed by atoms with E-state index in [1.165, 1.54) is 0 Å². The van der Waals surface area contributed by atoms with Crippen molar-refractivity contribution in [2.24, 2.45) is 0 Å². The van der Waals surface area contributed by atoms with Crippen molar-refractivity contribution in [3.8, 4) is 11.1 Å². The number of hydrogen-bond donors (Lipinski definition) is 0. The van der Waals surface area contributed by atoms with Gasteiger partial charge in [0, 0.05) is 21.2 Å². The maximum Gasteiger partial charge on any atom is 0.339 e. The molecule has 0 N–H and O–H groups in total. The minimum Gasteiger partial charge on any atom is -0.457 e. The molecule has 0 amide bonds. The number of benzene rings is 3. The maximum absolute atomic E-state index is 12.2. The molecule has 0 atom stereocenters. The molecule has 0 aliphatic carbocycles. The molecule has 108 valence electrons. The molecule has 1 aliphatic heterocycles. The summed E-state index contributed by atoms with van der Waals surface area (Å²) in [7, 11) is 0. The lowest BCUT2D eigenvalue weighted by molar-refractivity contribution is 0.0535. The fraction of sp³-hybridized carbons (Fsp3) is 0.0556. The van der Waals surface area contributed by atoms with Gasteiger partial charge in [0.1, 0.15) is 6.61 Å². The van der Waals surface area contributed by atoms with Crippen LogP contribution in [-0.2, 0) is 11.3 Å². The van der Waals surface area contributed by atoms with Crippen molar-refractivity contribution in [3.05, 3.63) is 69.7 Å². The van der Waals surface area contributed by atoms with E-state index in [-0.39, 0.29) is 5.97 Å². The van der Waals surface area contributed by atoms with Gasteiger partial charge in [0.15, 0.2) is 0 Å². The molecule has 0 fully saturated rings. The molecule has 22 heavy (non-hydrogen) atoms. The van der Waals surface area contributed by atoms with E-state index in [1.807, 2.05) is 42.5 Å². The first kappa shape index (κ1) is 13.6. The summed E-state index contributed by atoms with van der Waals surface area (Å²) in [6.07, 6.45) is 0. The molecular weight excluding hydrogens is 319 g/mol. The van der Waals surface area contributed by atoms with Gasteiger partial charge in [-0.3, -0.25) is 0 Å². The van der Waals surface area contributed by atoms with Crippen LogP contribution in [0.2, 0.25) is 10.0 Å². The highest BCUT2D eigenvalue weighted by Gasteiger charge is 2.27. The zero-order valence-electron chi connectivity index (χ0n) is 11.4. The summed E-state index contributed by atoms with van der Waals surface area (Å²) < 4.78 is 5.21. The number of hydrogen-bond acceptors (Lipinski definition) is 2. The predicted molar refractivity (Wildman–Crippen MR) is 88.5 cm³/mol. The van der Waals surface area contributed by atoms with E-state index in [2.05, 4.69) is 0 Å². The van der Waals surface area contributed by atoms with Crippen molar-refractivity contribution in [2.45, 2.75) is 6.61 Å². The molecule has 0 radical (unpaired) electrons. The number of rotatable bonds is 1. The van der Waals surface area contributed by atoms with Crippen LogP contribution in [0.15, 0.2) is 48.5 Å². The topological polar surface area (TPSA) is 26.3 Å². The minimum absolute atomic E-state index is 0.299. The zero-order valence-corrected chi connectivity index (χ0v) is 12.9. The summed E-state index contributed by atoms with van der Waals surface area (Å²) in [5, 5.41) is 3.12. The van der Waals surface area contributed by atoms with Crippen LogP contribution in [0.1, 0.15) is 15.9 Å². The Labute approximate surface area is 137 Å². The third-order valence-corrected chi connectivity index (χ3v) is 4.28. The standard InChI is InChI=1S/C18H10Cl2O2/c19-13-6-11(7-14(20)8-13)16-15-4-2-1-3-10(15)5-12-9-22-18(21)17(12)16/h1-8H,9H2. The highest BCUT2D eigenvalue weighted by atomic mass is 35.5. The molecule has 0 aromatic heterocycles. The number of carbonyl (C=O) groups excluding carboxylic acids is 1. The van der Waals surface area contributed by atoms with Crippen LogP contribution in [-0.4, -0.2) is 5.97 Å². The van der Waals surface area contributed by atoms with Crippen molar-refractivity contribution in [2.75, 3.05) is 0 Å². The van der Waals surface area contributed by atoms with Crippen LogP contribution in [0.4, 0.5) is 0 Å². The number of ether oxygens (including phenoxy) is 1. The fourth-order valence-electron chi connectivity index (χ4n) is 2.97. The molecule has 1 heterocycles. The van der Waals surface area contributed by atoms with E-state index in [0.29, 0.717) is 22.2 Å². The van der Waals surface area contributed by atoms with Gasteiger partial charge in [-0.15, -0.1) is 0 Å². The van der Waals surface area contributed by atoms with Gasteiger partial charge in [-0.25, -0.2) is 4.79 Å². The number of esters is 1. The molecule has 3 aromatic rings. The first-order valence-electron chi connectivity index (χ1n) is 6.82. The van der Waals surface area contributed by atoms with Gasteiger partial charge in [0.2, 0.25) is 0 Å². The molecule has 4 heteroatoms. The molecule has 0 unspecified atom stereocenters. The second kappa shape index (κ2) is 5.01. The number of fused-ring (bicyclic) bond motifs is 2. The number of cyclic esters (lactones) is 1. The Morgan fingerprint density at radius 3 is 2.41 bits per heavy atom. The fourth-order valence-corrected chi connectivity index (χ4v) is 3.49. The molecule has 2 nitrogen and oxygen atoms in total. The van der Waals surface area contributed by atoms with Crippen molar-refractivity contribution in [1.29, 1.82) is 0 Å². The Kier molecular flexibility index (Phi) is 3.10. The lowest BCUT2D eigenvalue weighted by atomic mass is 9.91. The summed E-state index contributed by atoms with van der Waals surface area (Å²) in [5.74, 6) is -0.299. The van der Waals surface area contributed by atoms with Crippen LogP contribution in [0.3, 0.4) is 0 Å². The van der Waals surface area contributed by atoms with Crippen molar-refractivity contribution in [3.63, 3.8) is 0 Å². The number of carbonyl (C=O) groups is 1. The number of halogens is 2. The average molecular weight is 329 g/mol. The normalized spacial score (nSPS) is 13.3. The van der Waals surface area contributed by atoms with Gasteiger partial charge < -0.3 is 4.74 Å². The van der Waals surface area contributed by atoms with Crippen LogP contribution in [0.5, 0.6) is 0 Å². The molecule has 3 aromatic carbocycles. The Balaban J connectivity index is 2.15. The lowest BCUT2D eigenvalue weighted by Crippen LogP contribution is -1.98. The van der Waals surface area contributed by atoms with E-state index in [1.54, 1.807) is 6.07 Å². The summed E-state index contributed by atoms with van der Waals surface area (Å²) in [6, 6.07) is 15.3. The Morgan fingerprint density at radius 2 is 1.64 bits per heavy atom. The first-order valence-corrected chi connectivity index (χ1v) is 7.57. The second-order valence-electron chi connectivity index (χ2n) is 5.24. The highest BCUT2D eigenvalue weighted by molar-refractivity contribution is 6.35. The van der Waals surface area contributed by atoms with Gasteiger partial charge in [-0.2, -0.15) is 0 Å². The van der Waals surface area contributed by atoms with Gasteiger partial charge >= 0.3 is 5.97 Å². The lowest BCUT2D eigenvalue weighted by Gasteiger charge is -2.12. The average Bonchev–Trinajstić information content (AvgIpc) is 2.85. The molecule has 1 aliphatic rings. The summed E-state index contributed by atoms with van der Waals surface area (Å²) in [6.45, 7) is 0.306. The van der Waals surface area contributed by atoms with Gasteiger partial charge in [-0.1, -0.05) is 47.5 Å². The van der Waals surface area contributed by atoms with Crippen LogP contribution >= 0.6 is 23.2 Å². The van der Waals surface area contributed by atoms with Crippen LogP contribution in [0.25, 0.3) is 21.9 Å². The minimum atomic E-state index is -0.299. The van der Waals surface area contributed by atoms with Gasteiger partial charge in [-0.05, 0) is 40.6 Å². The summed E-state index contributed by atoms with van der Waals surface area (Å²) in [4.78, 5) is 12.2. The van der Waals surface area contributed by atoms with Crippen molar-refractivity contribution in [1.82, 2.24) is 0 Å². The summed E-state index contributed by atoms with van der Waals surface area (Å²) >= 11 is 12.3. The largest absolute Gasteiger partial charge is 0.457 e. The third kappa shape index (κ3) is 2.07. The molecule has 0 saturated heterocycles. The van der Waals surface area contributed by atoms with Crippen LogP contribution < -0.4 is 0 Å². The molecular formula is C18H10Cl2O2. The van der Waals surface area contributed by atoms with Gasteiger partial charge in [0.05, 0.1) is 5.56 Å². The van der Waals surface area contributed by atoms with E-state index in [4.69, 9.17) is 27.9 Å². The Hall–Kier alpha value is -2.03. The highest BCUT2D eigenvalue weighted by Crippen LogP contribution is 2.39.